The second-order valence-electron chi connectivity index (χ2n) is 5.10. The predicted molar refractivity (Wildman–Crippen MR) is 66.3 cm³/mol. The van der Waals surface area contributed by atoms with Crippen LogP contribution in [0.15, 0.2) is 0 Å². The minimum Gasteiger partial charge on any atom is -0.315 e. The molecule has 0 unspecified atom stereocenters. The van der Waals surface area contributed by atoms with Gasteiger partial charge in [-0.15, -0.1) is 0 Å². The van der Waals surface area contributed by atoms with Crippen molar-refractivity contribution in [3.05, 3.63) is 0 Å². The second kappa shape index (κ2) is 7.20. The molecule has 3 heteroatoms. The average Bonchev–Trinajstić information content (AvgIpc) is 2.41. The molecule has 0 bridgehead atoms. The quantitative estimate of drug-likeness (QED) is 0.731. The Kier molecular flexibility index (Phi) is 6.22. The lowest BCUT2D eigenvalue weighted by Gasteiger charge is -2.24. The van der Waals surface area contributed by atoms with Gasteiger partial charge in [-0.05, 0) is 32.5 Å². The summed E-state index contributed by atoms with van der Waals surface area (Å²) in [7, 11) is 2.23. The van der Waals surface area contributed by atoms with Crippen molar-refractivity contribution < 1.29 is 0 Å². The topological polar surface area (TPSA) is 18.5 Å². The molecule has 0 spiro atoms. The van der Waals surface area contributed by atoms with Crippen LogP contribution in [0.25, 0.3) is 0 Å². The maximum atomic E-state index is 3.44. The van der Waals surface area contributed by atoms with Gasteiger partial charge in [-0.25, -0.2) is 0 Å². The van der Waals surface area contributed by atoms with Crippen molar-refractivity contribution in [3.8, 4) is 0 Å². The minimum atomic E-state index is 0.779. The molecule has 0 aromatic heterocycles. The Labute approximate surface area is 94.8 Å². The van der Waals surface area contributed by atoms with Gasteiger partial charge in [0.2, 0.25) is 0 Å². The highest BCUT2D eigenvalue weighted by Gasteiger charge is 2.09. The molecule has 1 fully saturated rings. The van der Waals surface area contributed by atoms with Gasteiger partial charge in [-0.1, -0.05) is 13.8 Å². The summed E-state index contributed by atoms with van der Waals surface area (Å²) in [4.78, 5) is 5.03. The first-order chi connectivity index (χ1) is 7.18. The van der Waals surface area contributed by atoms with E-state index in [-0.39, 0.29) is 0 Å². The van der Waals surface area contributed by atoms with Crippen molar-refractivity contribution >= 4 is 0 Å². The van der Waals surface area contributed by atoms with Gasteiger partial charge in [0.15, 0.2) is 0 Å². The third-order valence-corrected chi connectivity index (χ3v) is 2.91. The first kappa shape index (κ1) is 12.9. The molecule has 1 saturated heterocycles. The summed E-state index contributed by atoms with van der Waals surface area (Å²) in [5.74, 6) is 0.779. The van der Waals surface area contributed by atoms with Crippen LogP contribution in [-0.4, -0.2) is 62.7 Å². The van der Waals surface area contributed by atoms with Crippen LogP contribution < -0.4 is 5.32 Å². The van der Waals surface area contributed by atoms with E-state index in [1.807, 2.05) is 0 Å². The third-order valence-electron chi connectivity index (χ3n) is 2.91. The Bertz CT molecular complexity index is 151. The normalized spacial score (nSPS) is 19.8. The van der Waals surface area contributed by atoms with Crippen LogP contribution in [0.2, 0.25) is 0 Å². The number of likely N-dealkylation sites (N-methyl/N-ethyl adjacent to an activating group) is 1. The molecule has 90 valence electrons. The maximum absolute atomic E-state index is 3.44. The van der Waals surface area contributed by atoms with Crippen LogP contribution in [-0.2, 0) is 0 Å². The van der Waals surface area contributed by atoms with Crippen molar-refractivity contribution in [2.75, 3.05) is 52.9 Å². The number of hydrogen-bond acceptors (Lipinski definition) is 3. The van der Waals surface area contributed by atoms with Gasteiger partial charge in [0.1, 0.15) is 0 Å². The molecule has 0 amide bonds. The molecule has 1 rings (SSSR count). The fraction of sp³-hybridized carbons (Fsp3) is 1.00. The van der Waals surface area contributed by atoms with Crippen LogP contribution in [0, 0.1) is 5.92 Å². The van der Waals surface area contributed by atoms with E-state index in [9.17, 15) is 0 Å². The van der Waals surface area contributed by atoms with E-state index in [0.29, 0.717) is 0 Å². The molecule has 1 N–H and O–H groups in total. The molecule has 0 aromatic rings. The van der Waals surface area contributed by atoms with Gasteiger partial charge in [-0.3, -0.25) is 0 Å². The van der Waals surface area contributed by atoms with E-state index < -0.39 is 0 Å². The predicted octanol–water partition coefficient (Wildman–Crippen LogP) is 0.870. The fourth-order valence-corrected chi connectivity index (χ4v) is 2.15. The molecule has 0 atom stereocenters. The van der Waals surface area contributed by atoms with Crippen molar-refractivity contribution in [1.82, 2.24) is 15.1 Å². The Morgan fingerprint density at radius 3 is 2.80 bits per heavy atom. The number of hydrogen-bond donors (Lipinski definition) is 1. The highest BCUT2D eigenvalue weighted by Crippen LogP contribution is 1.98. The largest absolute Gasteiger partial charge is 0.315 e. The minimum absolute atomic E-state index is 0.779. The lowest BCUT2D eigenvalue weighted by atomic mass is 10.2. The summed E-state index contributed by atoms with van der Waals surface area (Å²) >= 11 is 0. The van der Waals surface area contributed by atoms with Crippen molar-refractivity contribution in [1.29, 1.82) is 0 Å². The van der Waals surface area contributed by atoms with Crippen LogP contribution in [0.5, 0.6) is 0 Å². The number of rotatable bonds is 5. The molecule has 3 nitrogen and oxygen atoms in total. The van der Waals surface area contributed by atoms with E-state index in [2.05, 4.69) is 36.0 Å². The summed E-state index contributed by atoms with van der Waals surface area (Å²) in [6.45, 7) is 13.1. The highest BCUT2D eigenvalue weighted by molar-refractivity contribution is 4.67. The standard InChI is InChI=1S/C12H27N3/c1-12(2)11-14(3)9-10-15-7-4-5-13-6-8-15/h12-13H,4-11H2,1-3H3. The molecule has 1 aliphatic rings. The Hall–Kier alpha value is -0.120. The van der Waals surface area contributed by atoms with E-state index in [1.54, 1.807) is 0 Å². The highest BCUT2D eigenvalue weighted by atomic mass is 15.2. The Morgan fingerprint density at radius 2 is 2.07 bits per heavy atom. The summed E-state index contributed by atoms with van der Waals surface area (Å²) in [6.07, 6.45) is 1.30. The Balaban J connectivity index is 2.11. The van der Waals surface area contributed by atoms with Gasteiger partial charge in [0.05, 0.1) is 0 Å². The third kappa shape index (κ3) is 6.13. The zero-order valence-electron chi connectivity index (χ0n) is 10.6. The molecule has 0 aromatic carbocycles. The zero-order chi connectivity index (χ0) is 11.1. The summed E-state index contributed by atoms with van der Waals surface area (Å²) in [5, 5.41) is 3.44. The van der Waals surface area contributed by atoms with Crippen LogP contribution >= 0.6 is 0 Å². The molecule has 1 heterocycles. The van der Waals surface area contributed by atoms with E-state index >= 15 is 0 Å². The molecule has 0 aliphatic carbocycles. The van der Waals surface area contributed by atoms with Gasteiger partial charge in [-0.2, -0.15) is 0 Å². The van der Waals surface area contributed by atoms with Crippen LogP contribution in [0.1, 0.15) is 20.3 Å². The van der Waals surface area contributed by atoms with Crippen LogP contribution in [0.3, 0.4) is 0 Å². The van der Waals surface area contributed by atoms with Gasteiger partial charge in [0, 0.05) is 32.7 Å². The van der Waals surface area contributed by atoms with Crippen molar-refractivity contribution in [2.24, 2.45) is 5.92 Å². The van der Waals surface area contributed by atoms with E-state index in [0.717, 1.165) is 12.5 Å². The number of nitrogens with one attached hydrogen (secondary N) is 1. The first-order valence-corrected chi connectivity index (χ1v) is 6.30. The second-order valence-corrected chi connectivity index (χ2v) is 5.10. The summed E-state index contributed by atoms with van der Waals surface area (Å²) in [6, 6.07) is 0. The maximum Gasteiger partial charge on any atom is 0.0110 e. The molecule has 1 aliphatic heterocycles. The monoisotopic (exact) mass is 213 g/mol. The van der Waals surface area contributed by atoms with Crippen molar-refractivity contribution in [3.63, 3.8) is 0 Å². The van der Waals surface area contributed by atoms with Gasteiger partial charge >= 0.3 is 0 Å². The van der Waals surface area contributed by atoms with Gasteiger partial charge in [0.25, 0.3) is 0 Å². The SMILES string of the molecule is CC(C)CN(C)CCN1CCCNCC1. The van der Waals surface area contributed by atoms with E-state index in [4.69, 9.17) is 0 Å². The molecular formula is C12H27N3. The fourth-order valence-electron chi connectivity index (χ4n) is 2.15. The molecule has 0 radical (unpaired) electrons. The zero-order valence-corrected chi connectivity index (χ0v) is 10.6. The van der Waals surface area contributed by atoms with Gasteiger partial charge < -0.3 is 15.1 Å². The van der Waals surface area contributed by atoms with Crippen LogP contribution in [0.4, 0.5) is 0 Å². The molecule has 15 heavy (non-hydrogen) atoms. The summed E-state index contributed by atoms with van der Waals surface area (Å²) < 4.78 is 0. The first-order valence-electron chi connectivity index (χ1n) is 6.30. The average molecular weight is 213 g/mol. The summed E-state index contributed by atoms with van der Waals surface area (Å²) in [5.41, 5.74) is 0. The lowest BCUT2D eigenvalue weighted by Crippen LogP contribution is -2.36. The number of nitrogens with zero attached hydrogens (tertiary/aromatic N) is 2. The smallest absolute Gasteiger partial charge is 0.0110 e. The Morgan fingerprint density at radius 1 is 1.27 bits per heavy atom. The lowest BCUT2D eigenvalue weighted by molar-refractivity contribution is 0.222. The molecular weight excluding hydrogens is 186 g/mol. The van der Waals surface area contributed by atoms with E-state index in [1.165, 1.54) is 45.7 Å². The van der Waals surface area contributed by atoms with Crippen molar-refractivity contribution in [2.45, 2.75) is 20.3 Å². The molecule has 0 saturated carbocycles.